The Labute approximate surface area is 198 Å². The van der Waals surface area contributed by atoms with Gasteiger partial charge in [-0.1, -0.05) is 12.1 Å². The minimum atomic E-state index is 0.843. The molecule has 1 N–H and O–H groups in total. The predicted octanol–water partition coefficient (Wildman–Crippen LogP) is 4.50. The molecular formula is C27H26N6O. The second kappa shape index (κ2) is 8.76. The van der Waals surface area contributed by atoms with E-state index in [0.29, 0.717) is 0 Å². The van der Waals surface area contributed by atoms with Crippen molar-refractivity contribution in [2.24, 2.45) is 0 Å². The first-order chi connectivity index (χ1) is 16.8. The number of nitrogens with one attached hydrogen (secondary N) is 1. The lowest BCUT2D eigenvalue weighted by Crippen LogP contribution is -2.46. The van der Waals surface area contributed by atoms with Gasteiger partial charge in [0.1, 0.15) is 17.1 Å². The van der Waals surface area contributed by atoms with Crippen LogP contribution in [-0.4, -0.2) is 58.1 Å². The summed E-state index contributed by atoms with van der Waals surface area (Å²) in [7, 11) is 1.68. The molecule has 2 aromatic heterocycles. The van der Waals surface area contributed by atoms with Crippen molar-refractivity contribution in [3.63, 3.8) is 0 Å². The molecule has 34 heavy (non-hydrogen) atoms. The molecule has 7 nitrogen and oxygen atoms in total. The van der Waals surface area contributed by atoms with Gasteiger partial charge in [-0.25, -0.2) is 4.98 Å². The summed E-state index contributed by atoms with van der Waals surface area (Å²) in [6.07, 6.45) is 3.49. The van der Waals surface area contributed by atoms with Gasteiger partial charge < -0.3 is 14.6 Å². The van der Waals surface area contributed by atoms with Crippen LogP contribution in [0.2, 0.25) is 0 Å². The highest BCUT2D eigenvalue weighted by Gasteiger charge is 2.20. The first-order valence-corrected chi connectivity index (χ1v) is 11.6. The van der Waals surface area contributed by atoms with Crippen LogP contribution in [0.15, 0.2) is 73.1 Å². The van der Waals surface area contributed by atoms with Crippen molar-refractivity contribution < 1.29 is 4.74 Å². The van der Waals surface area contributed by atoms with Crippen molar-refractivity contribution in [2.75, 3.05) is 38.2 Å². The number of hydrogen-bond donors (Lipinski definition) is 1. The molecule has 0 saturated carbocycles. The van der Waals surface area contributed by atoms with Crippen molar-refractivity contribution in [1.82, 2.24) is 24.8 Å². The standard InChI is InChI=1S/C27H26N6O/c1-34-21-8-6-20(7-9-21)27-30-23-3-2-4-25(26(23)31-27)33-15-13-32(14-16-33)18-19-5-10-22-24(17-19)29-12-11-28-22/h2-12,17H,13-16,18H2,1H3,(H,30,31). The number of anilines is 1. The molecule has 0 radical (unpaired) electrons. The first kappa shape index (κ1) is 20.6. The molecule has 3 heterocycles. The van der Waals surface area contributed by atoms with Gasteiger partial charge in [0.2, 0.25) is 0 Å². The van der Waals surface area contributed by atoms with Crippen molar-refractivity contribution in [2.45, 2.75) is 6.54 Å². The first-order valence-electron chi connectivity index (χ1n) is 11.6. The monoisotopic (exact) mass is 450 g/mol. The van der Waals surface area contributed by atoms with Gasteiger partial charge in [-0.15, -0.1) is 0 Å². The number of para-hydroxylation sites is 1. The Hall–Kier alpha value is -3.97. The molecule has 1 aliphatic heterocycles. The van der Waals surface area contributed by atoms with Crippen LogP contribution in [0, 0.1) is 0 Å². The number of methoxy groups -OCH3 is 1. The highest BCUT2D eigenvalue weighted by molar-refractivity contribution is 5.91. The van der Waals surface area contributed by atoms with Crippen molar-refractivity contribution in [1.29, 1.82) is 0 Å². The van der Waals surface area contributed by atoms with E-state index in [-0.39, 0.29) is 0 Å². The van der Waals surface area contributed by atoms with E-state index in [0.717, 1.165) is 71.9 Å². The Balaban J connectivity index is 1.18. The van der Waals surface area contributed by atoms with Gasteiger partial charge in [-0.3, -0.25) is 14.9 Å². The Kier molecular flexibility index (Phi) is 5.31. The smallest absolute Gasteiger partial charge is 0.138 e. The van der Waals surface area contributed by atoms with Gasteiger partial charge in [-0.2, -0.15) is 0 Å². The summed E-state index contributed by atoms with van der Waals surface area (Å²) in [4.78, 5) is 22.2. The molecule has 1 saturated heterocycles. The van der Waals surface area contributed by atoms with Crippen LogP contribution in [0.4, 0.5) is 5.69 Å². The molecule has 0 amide bonds. The quantitative estimate of drug-likeness (QED) is 0.425. The maximum Gasteiger partial charge on any atom is 0.138 e. The zero-order valence-electron chi connectivity index (χ0n) is 19.1. The van der Waals surface area contributed by atoms with E-state index in [9.17, 15) is 0 Å². The average molecular weight is 451 g/mol. The third-order valence-electron chi connectivity index (χ3n) is 6.51. The zero-order chi connectivity index (χ0) is 22.9. The fourth-order valence-corrected chi connectivity index (χ4v) is 4.67. The van der Waals surface area contributed by atoms with Gasteiger partial charge in [0, 0.05) is 50.7 Å². The van der Waals surface area contributed by atoms with E-state index in [1.807, 2.05) is 24.3 Å². The van der Waals surface area contributed by atoms with E-state index in [1.165, 1.54) is 11.3 Å². The molecule has 7 heteroatoms. The van der Waals surface area contributed by atoms with E-state index < -0.39 is 0 Å². The van der Waals surface area contributed by atoms with Crippen LogP contribution in [0.3, 0.4) is 0 Å². The van der Waals surface area contributed by atoms with E-state index >= 15 is 0 Å². The number of imidazole rings is 1. The van der Waals surface area contributed by atoms with Gasteiger partial charge in [0.25, 0.3) is 0 Å². The fraction of sp³-hybridized carbons (Fsp3) is 0.222. The normalized spacial score (nSPS) is 14.7. The Morgan fingerprint density at radius 1 is 0.882 bits per heavy atom. The number of benzene rings is 3. The molecule has 0 bridgehead atoms. The summed E-state index contributed by atoms with van der Waals surface area (Å²) >= 11 is 0. The van der Waals surface area contributed by atoms with E-state index in [1.54, 1.807) is 19.5 Å². The number of hydrogen-bond acceptors (Lipinski definition) is 6. The molecule has 0 unspecified atom stereocenters. The van der Waals surface area contributed by atoms with Gasteiger partial charge in [-0.05, 0) is 54.1 Å². The van der Waals surface area contributed by atoms with Crippen LogP contribution in [0.5, 0.6) is 5.75 Å². The highest BCUT2D eigenvalue weighted by Crippen LogP contribution is 2.30. The number of rotatable bonds is 5. The highest BCUT2D eigenvalue weighted by atomic mass is 16.5. The maximum absolute atomic E-state index is 5.28. The van der Waals surface area contributed by atoms with Crippen LogP contribution >= 0.6 is 0 Å². The van der Waals surface area contributed by atoms with E-state index in [4.69, 9.17) is 9.72 Å². The van der Waals surface area contributed by atoms with E-state index in [2.05, 4.69) is 61.1 Å². The largest absolute Gasteiger partial charge is 0.497 e. The predicted molar refractivity (Wildman–Crippen MR) is 135 cm³/mol. The third-order valence-corrected chi connectivity index (χ3v) is 6.51. The van der Waals surface area contributed by atoms with Crippen molar-refractivity contribution in [3.8, 4) is 17.1 Å². The molecule has 0 spiro atoms. The molecule has 0 atom stereocenters. The summed E-state index contributed by atoms with van der Waals surface area (Å²) in [5.41, 5.74) is 7.49. The van der Waals surface area contributed by atoms with Gasteiger partial charge in [0.15, 0.2) is 0 Å². The molecule has 0 aliphatic carbocycles. The number of aromatic amines is 1. The number of fused-ring (bicyclic) bond motifs is 2. The lowest BCUT2D eigenvalue weighted by atomic mass is 10.1. The molecule has 1 aliphatic rings. The van der Waals surface area contributed by atoms with Crippen molar-refractivity contribution in [3.05, 3.63) is 78.6 Å². The lowest BCUT2D eigenvalue weighted by Gasteiger charge is -2.36. The number of ether oxygens (including phenoxy) is 1. The summed E-state index contributed by atoms with van der Waals surface area (Å²) in [5.74, 6) is 1.72. The number of nitrogens with zero attached hydrogens (tertiary/aromatic N) is 5. The Bertz CT molecular complexity index is 1440. The zero-order valence-corrected chi connectivity index (χ0v) is 19.1. The van der Waals surface area contributed by atoms with Crippen LogP contribution in [0.1, 0.15) is 5.56 Å². The second-order valence-electron chi connectivity index (χ2n) is 8.63. The van der Waals surface area contributed by atoms with Crippen LogP contribution in [0.25, 0.3) is 33.5 Å². The number of H-pyrrole nitrogens is 1. The Morgan fingerprint density at radius 3 is 2.47 bits per heavy atom. The molecule has 170 valence electrons. The molecular weight excluding hydrogens is 424 g/mol. The van der Waals surface area contributed by atoms with Gasteiger partial charge >= 0.3 is 0 Å². The molecule has 1 fully saturated rings. The van der Waals surface area contributed by atoms with Crippen molar-refractivity contribution >= 4 is 27.8 Å². The average Bonchev–Trinajstić information content (AvgIpc) is 3.34. The number of piperazine rings is 1. The number of aromatic nitrogens is 4. The summed E-state index contributed by atoms with van der Waals surface area (Å²) in [6.45, 7) is 4.87. The molecule has 3 aromatic carbocycles. The summed E-state index contributed by atoms with van der Waals surface area (Å²) in [5, 5.41) is 0. The Morgan fingerprint density at radius 2 is 1.68 bits per heavy atom. The molecule has 5 aromatic rings. The van der Waals surface area contributed by atoms with Gasteiger partial charge in [0.05, 0.1) is 29.3 Å². The third kappa shape index (κ3) is 3.95. The second-order valence-corrected chi connectivity index (χ2v) is 8.63. The fourth-order valence-electron chi connectivity index (χ4n) is 4.67. The summed E-state index contributed by atoms with van der Waals surface area (Å²) in [6, 6.07) is 20.8. The van der Waals surface area contributed by atoms with Crippen LogP contribution in [-0.2, 0) is 6.54 Å². The molecule has 6 rings (SSSR count). The topological polar surface area (TPSA) is 70.2 Å². The SMILES string of the molecule is COc1ccc(-c2nc3c(N4CCN(Cc5ccc6nccnc6c5)CC4)cccc3[nH]2)cc1. The lowest BCUT2D eigenvalue weighted by molar-refractivity contribution is 0.250. The maximum atomic E-state index is 5.28. The minimum Gasteiger partial charge on any atom is -0.497 e. The summed E-state index contributed by atoms with van der Waals surface area (Å²) < 4.78 is 5.28. The van der Waals surface area contributed by atoms with Crippen LogP contribution < -0.4 is 9.64 Å². The minimum absolute atomic E-state index is 0.843.